The van der Waals surface area contributed by atoms with Gasteiger partial charge in [0.2, 0.25) is 0 Å². The highest BCUT2D eigenvalue weighted by atomic mass is 16.5. The summed E-state index contributed by atoms with van der Waals surface area (Å²) in [5.41, 5.74) is 1.25. The first kappa shape index (κ1) is 19.3. The first-order valence-electron chi connectivity index (χ1n) is 8.88. The van der Waals surface area contributed by atoms with Crippen LogP contribution in [0.4, 0.5) is 0 Å². The highest BCUT2D eigenvalue weighted by Crippen LogP contribution is 2.22. The van der Waals surface area contributed by atoms with Crippen molar-refractivity contribution in [1.82, 2.24) is 10.2 Å². The van der Waals surface area contributed by atoms with Crippen LogP contribution in [0, 0.1) is 0 Å². The van der Waals surface area contributed by atoms with Gasteiger partial charge in [-0.25, -0.2) is 5.10 Å². The Hall–Kier alpha value is -3.48. The summed E-state index contributed by atoms with van der Waals surface area (Å²) in [6.07, 6.45) is -0.0896. The maximum Gasteiger partial charge on any atom is 0.312 e. The fourth-order valence-electron chi connectivity index (χ4n) is 2.86. The number of rotatable bonds is 7. The number of H-pyrrole nitrogens is 1. The van der Waals surface area contributed by atoms with Crippen molar-refractivity contribution >= 4 is 22.5 Å². The molecule has 7 nitrogen and oxygen atoms in total. The Balaban J connectivity index is 1.76. The second kappa shape index (κ2) is 8.47. The molecule has 0 fully saturated rings. The predicted molar refractivity (Wildman–Crippen MR) is 103 cm³/mol. The lowest BCUT2D eigenvalue weighted by Gasteiger charge is -2.12. The molecule has 2 aromatic carbocycles. The van der Waals surface area contributed by atoms with Gasteiger partial charge in [0.15, 0.2) is 5.78 Å². The normalized spacial score (nSPS) is 10.6. The fraction of sp³-hybridized carbons (Fsp3) is 0.238. The summed E-state index contributed by atoms with van der Waals surface area (Å²) < 4.78 is 10.9. The van der Waals surface area contributed by atoms with E-state index in [9.17, 15) is 14.4 Å². The first-order valence-corrected chi connectivity index (χ1v) is 8.88. The molecule has 7 heteroatoms. The number of nitrogens with zero attached hydrogens (tertiary/aromatic N) is 1. The summed E-state index contributed by atoms with van der Waals surface area (Å²) in [5, 5.41) is 7.45. The van der Waals surface area contributed by atoms with Gasteiger partial charge in [-0.15, -0.1) is 0 Å². The SMILES string of the molecule is CCOc1ccc(C(C)=O)cc1COC(=O)Cc1n[nH]c(=O)c2ccccc12. The first-order chi connectivity index (χ1) is 13.5. The van der Waals surface area contributed by atoms with Gasteiger partial charge >= 0.3 is 5.97 Å². The number of ketones is 1. The minimum absolute atomic E-state index is 0.0312. The Bertz CT molecular complexity index is 1090. The molecular formula is C21H20N2O5. The molecule has 3 rings (SSSR count). The monoisotopic (exact) mass is 380 g/mol. The van der Waals surface area contributed by atoms with Gasteiger partial charge in [-0.1, -0.05) is 18.2 Å². The van der Waals surface area contributed by atoms with Gasteiger partial charge in [0, 0.05) is 16.5 Å². The number of Topliss-reactive ketones (excluding diaryl/α,β-unsaturated/α-hetero) is 1. The Labute approximate surface area is 161 Å². The van der Waals surface area contributed by atoms with Crippen LogP contribution in [0.15, 0.2) is 47.3 Å². The molecular weight excluding hydrogens is 360 g/mol. The summed E-state index contributed by atoms with van der Waals surface area (Å²) in [6.45, 7) is 3.74. The maximum absolute atomic E-state index is 12.3. The maximum atomic E-state index is 12.3. The Morgan fingerprint density at radius 2 is 1.86 bits per heavy atom. The highest BCUT2D eigenvalue weighted by Gasteiger charge is 2.14. The number of nitrogens with one attached hydrogen (secondary N) is 1. The van der Waals surface area contributed by atoms with Gasteiger partial charge in [-0.2, -0.15) is 5.10 Å². The zero-order valence-electron chi connectivity index (χ0n) is 15.7. The van der Waals surface area contributed by atoms with Crippen LogP contribution in [0.3, 0.4) is 0 Å². The summed E-state index contributed by atoms with van der Waals surface area (Å²) in [4.78, 5) is 35.8. The summed E-state index contributed by atoms with van der Waals surface area (Å²) in [5.74, 6) is -0.0205. The van der Waals surface area contributed by atoms with Gasteiger partial charge in [-0.3, -0.25) is 14.4 Å². The van der Waals surface area contributed by atoms with Crippen molar-refractivity contribution in [3.05, 3.63) is 69.6 Å². The third kappa shape index (κ3) is 4.25. The molecule has 0 bridgehead atoms. The molecule has 0 aliphatic rings. The van der Waals surface area contributed by atoms with E-state index < -0.39 is 5.97 Å². The summed E-state index contributed by atoms with van der Waals surface area (Å²) >= 11 is 0. The number of hydrogen-bond donors (Lipinski definition) is 1. The van der Waals surface area contributed by atoms with Crippen LogP contribution in [-0.4, -0.2) is 28.6 Å². The molecule has 0 spiro atoms. The molecule has 3 aromatic rings. The largest absolute Gasteiger partial charge is 0.493 e. The molecule has 0 aliphatic carbocycles. The van der Waals surface area contributed by atoms with Gasteiger partial charge in [-0.05, 0) is 38.1 Å². The molecule has 0 unspecified atom stereocenters. The van der Waals surface area contributed by atoms with Crippen molar-refractivity contribution < 1.29 is 19.1 Å². The standard InChI is InChI=1S/C21H20N2O5/c1-3-27-19-9-8-14(13(2)24)10-15(19)12-28-20(25)11-18-16-6-4-5-7-17(16)21(26)23-22-18/h4-10H,3,11-12H2,1-2H3,(H,23,26). The smallest absolute Gasteiger partial charge is 0.312 e. The van der Waals surface area contributed by atoms with Crippen LogP contribution in [0.5, 0.6) is 5.75 Å². The van der Waals surface area contributed by atoms with Crippen LogP contribution in [0.25, 0.3) is 10.8 Å². The van der Waals surface area contributed by atoms with E-state index in [1.54, 1.807) is 42.5 Å². The Kier molecular flexibility index (Phi) is 5.84. The van der Waals surface area contributed by atoms with Gasteiger partial charge in [0.25, 0.3) is 5.56 Å². The van der Waals surface area contributed by atoms with E-state index in [1.165, 1.54) is 6.92 Å². The predicted octanol–water partition coefficient (Wildman–Crippen LogP) is 2.81. The van der Waals surface area contributed by atoms with Gasteiger partial charge in [0.1, 0.15) is 12.4 Å². The van der Waals surface area contributed by atoms with Crippen LogP contribution < -0.4 is 10.3 Å². The molecule has 0 amide bonds. The number of fused-ring (bicyclic) bond motifs is 1. The van der Waals surface area contributed by atoms with E-state index >= 15 is 0 Å². The zero-order chi connectivity index (χ0) is 20.1. The lowest BCUT2D eigenvalue weighted by atomic mass is 10.1. The Morgan fingerprint density at radius 1 is 1.11 bits per heavy atom. The molecule has 144 valence electrons. The number of aromatic amines is 1. The van der Waals surface area contributed by atoms with Gasteiger partial charge in [0.05, 0.1) is 24.1 Å². The molecule has 0 aliphatic heterocycles. The number of benzene rings is 2. The molecule has 28 heavy (non-hydrogen) atoms. The van der Waals surface area contributed by atoms with Crippen LogP contribution in [-0.2, 0) is 22.6 Å². The van der Waals surface area contributed by atoms with Gasteiger partial charge < -0.3 is 9.47 Å². The number of esters is 1. The topological polar surface area (TPSA) is 98.3 Å². The zero-order valence-corrected chi connectivity index (χ0v) is 15.7. The fourth-order valence-corrected chi connectivity index (χ4v) is 2.86. The third-order valence-electron chi connectivity index (χ3n) is 4.24. The molecule has 1 N–H and O–H groups in total. The average Bonchev–Trinajstić information content (AvgIpc) is 2.69. The summed E-state index contributed by atoms with van der Waals surface area (Å²) in [6, 6.07) is 12.0. The molecule has 0 radical (unpaired) electrons. The number of hydrogen-bond acceptors (Lipinski definition) is 6. The lowest BCUT2D eigenvalue weighted by Crippen LogP contribution is -2.15. The van der Waals surface area contributed by atoms with Crippen LogP contribution in [0.2, 0.25) is 0 Å². The number of carbonyl (C=O) groups is 2. The molecule has 0 saturated heterocycles. The quantitative estimate of drug-likeness (QED) is 0.500. The van der Waals surface area contributed by atoms with E-state index in [1.807, 2.05) is 6.92 Å². The van der Waals surface area contributed by atoms with E-state index in [0.29, 0.717) is 39.9 Å². The van der Waals surface area contributed by atoms with Crippen molar-refractivity contribution in [2.75, 3.05) is 6.61 Å². The van der Waals surface area contributed by atoms with E-state index in [-0.39, 0.29) is 24.4 Å². The van der Waals surface area contributed by atoms with Crippen molar-refractivity contribution in [3.8, 4) is 5.75 Å². The van der Waals surface area contributed by atoms with E-state index in [4.69, 9.17) is 9.47 Å². The summed E-state index contributed by atoms with van der Waals surface area (Å²) in [7, 11) is 0. The van der Waals surface area contributed by atoms with E-state index in [0.717, 1.165) is 0 Å². The molecule has 0 saturated carbocycles. The number of carbonyl (C=O) groups excluding carboxylic acids is 2. The second-order valence-electron chi connectivity index (χ2n) is 6.19. The molecule has 0 atom stereocenters. The second-order valence-corrected chi connectivity index (χ2v) is 6.19. The Morgan fingerprint density at radius 3 is 2.57 bits per heavy atom. The van der Waals surface area contributed by atoms with Crippen LogP contribution in [0.1, 0.15) is 35.5 Å². The minimum Gasteiger partial charge on any atom is -0.493 e. The number of ether oxygens (including phenoxy) is 2. The van der Waals surface area contributed by atoms with Crippen molar-refractivity contribution in [1.29, 1.82) is 0 Å². The lowest BCUT2D eigenvalue weighted by molar-refractivity contribution is -0.144. The molecule has 1 aromatic heterocycles. The number of aromatic nitrogens is 2. The third-order valence-corrected chi connectivity index (χ3v) is 4.24. The molecule has 1 heterocycles. The van der Waals surface area contributed by atoms with Crippen molar-refractivity contribution in [2.45, 2.75) is 26.9 Å². The van der Waals surface area contributed by atoms with Crippen molar-refractivity contribution in [2.24, 2.45) is 0 Å². The van der Waals surface area contributed by atoms with Crippen LogP contribution >= 0.6 is 0 Å². The van der Waals surface area contributed by atoms with Crippen molar-refractivity contribution in [3.63, 3.8) is 0 Å². The highest BCUT2D eigenvalue weighted by molar-refractivity contribution is 5.94. The minimum atomic E-state index is -0.500. The average molecular weight is 380 g/mol. The van der Waals surface area contributed by atoms with E-state index in [2.05, 4.69) is 10.2 Å².